The summed E-state index contributed by atoms with van der Waals surface area (Å²) in [4.78, 5) is 24.2. The number of carbonyl (C=O) groups excluding carboxylic acids is 1. The van der Waals surface area contributed by atoms with Gasteiger partial charge in [0.25, 0.3) is 0 Å². The number of halogens is 1. The second-order valence-corrected chi connectivity index (χ2v) is 5.56. The molecule has 0 N–H and O–H groups in total. The smallest absolute Gasteiger partial charge is 0.347 e. The molecular formula is C18H11BrO3. The standard InChI is InChI=1S/C18H11BrO3/c19-15-7-3-1-5-12(15)9-10-16(20)14-11-13-6-2-4-8-17(13)22-18(14)21/h1-11H. The van der Waals surface area contributed by atoms with Gasteiger partial charge in [-0.1, -0.05) is 52.3 Å². The highest BCUT2D eigenvalue weighted by atomic mass is 79.9. The molecule has 0 saturated carbocycles. The van der Waals surface area contributed by atoms with Crippen LogP contribution in [0.4, 0.5) is 0 Å². The van der Waals surface area contributed by atoms with Crippen molar-refractivity contribution < 1.29 is 9.21 Å². The number of rotatable bonds is 3. The molecule has 0 spiro atoms. The van der Waals surface area contributed by atoms with Gasteiger partial charge in [0, 0.05) is 9.86 Å². The lowest BCUT2D eigenvalue weighted by Crippen LogP contribution is -2.11. The minimum Gasteiger partial charge on any atom is -0.422 e. The third kappa shape index (κ3) is 2.92. The lowest BCUT2D eigenvalue weighted by Gasteiger charge is -1.99. The first kappa shape index (κ1) is 14.5. The van der Waals surface area contributed by atoms with Crippen LogP contribution in [-0.4, -0.2) is 5.78 Å². The molecule has 3 aromatic rings. The summed E-state index contributed by atoms with van der Waals surface area (Å²) in [6, 6.07) is 16.2. The largest absolute Gasteiger partial charge is 0.422 e. The number of ketones is 1. The first-order valence-electron chi connectivity index (χ1n) is 6.65. The van der Waals surface area contributed by atoms with Gasteiger partial charge in [-0.05, 0) is 35.9 Å². The molecule has 0 aliphatic carbocycles. The van der Waals surface area contributed by atoms with Gasteiger partial charge in [0.05, 0.1) is 0 Å². The van der Waals surface area contributed by atoms with Gasteiger partial charge in [-0.25, -0.2) is 4.79 Å². The van der Waals surface area contributed by atoms with E-state index in [4.69, 9.17) is 4.42 Å². The van der Waals surface area contributed by atoms with Crippen molar-refractivity contribution in [2.24, 2.45) is 0 Å². The van der Waals surface area contributed by atoms with Crippen molar-refractivity contribution in [3.05, 3.63) is 86.7 Å². The first-order chi connectivity index (χ1) is 10.6. The molecule has 2 aromatic carbocycles. The van der Waals surface area contributed by atoms with E-state index in [1.54, 1.807) is 30.3 Å². The summed E-state index contributed by atoms with van der Waals surface area (Å²) in [5, 5.41) is 0.722. The molecule has 0 unspecified atom stereocenters. The van der Waals surface area contributed by atoms with Gasteiger partial charge in [-0.15, -0.1) is 0 Å². The topological polar surface area (TPSA) is 47.3 Å². The average molecular weight is 355 g/mol. The van der Waals surface area contributed by atoms with Crippen molar-refractivity contribution >= 4 is 38.8 Å². The van der Waals surface area contributed by atoms with E-state index >= 15 is 0 Å². The van der Waals surface area contributed by atoms with Crippen molar-refractivity contribution in [3.63, 3.8) is 0 Å². The Kier molecular flexibility index (Phi) is 4.02. The Morgan fingerprint density at radius 3 is 2.59 bits per heavy atom. The van der Waals surface area contributed by atoms with Crippen molar-refractivity contribution in [1.82, 2.24) is 0 Å². The summed E-state index contributed by atoms with van der Waals surface area (Å²) in [5.74, 6) is -0.379. The summed E-state index contributed by atoms with van der Waals surface area (Å²) in [5.41, 5.74) is 0.738. The van der Waals surface area contributed by atoms with Gasteiger partial charge in [0.1, 0.15) is 11.1 Å². The highest BCUT2D eigenvalue weighted by molar-refractivity contribution is 9.10. The fourth-order valence-corrected chi connectivity index (χ4v) is 2.52. The summed E-state index contributed by atoms with van der Waals surface area (Å²) < 4.78 is 6.05. The van der Waals surface area contributed by atoms with Crippen LogP contribution in [0.25, 0.3) is 17.0 Å². The van der Waals surface area contributed by atoms with E-state index in [-0.39, 0.29) is 11.3 Å². The quantitative estimate of drug-likeness (QED) is 0.396. The van der Waals surface area contributed by atoms with Crippen LogP contribution in [0.3, 0.4) is 0 Å². The van der Waals surface area contributed by atoms with Crippen molar-refractivity contribution in [1.29, 1.82) is 0 Å². The maximum absolute atomic E-state index is 12.2. The zero-order valence-corrected chi connectivity index (χ0v) is 13.0. The molecule has 4 heteroatoms. The Bertz CT molecular complexity index is 938. The monoisotopic (exact) mass is 354 g/mol. The van der Waals surface area contributed by atoms with Gasteiger partial charge in [-0.2, -0.15) is 0 Å². The summed E-state index contributed by atoms with van der Waals surface area (Å²) in [6.07, 6.45) is 3.04. The first-order valence-corrected chi connectivity index (χ1v) is 7.44. The molecule has 1 aromatic heterocycles. The average Bonchev–Trinajstić information content (AvgIpc) is 2.53. The van der Waals surface area contributed by atoms with E-state index in [1.165, 1.54) is 6.08 Å². The van der Waals surface area contributed by atoms with Crippen molar-refractivity contribution in [2.45, 2.75) is 0 Å². The molecule has 0 aliphatic rings. The molecule has 3 nitrogen and oxygen atoms in total. The molecule has 0 atom stereocenters. The van der Waals surface area contributed by atoms with Crippen LogP contribution in [0.2, 0.25) is 0 Å². The Hall–Kier alpha value is -2.46. The number of carbonyl (C=O) groups is 1. The molecule has 1 heterocycles. The SMILES string of the molecule is O=C(C=Cc1ccccc1Br)c1cc2ccccc2oc1=O. The predicted molar refractivity (Wildman–Crippen MR) is 90.0 cm³/mol. The van der Waals surface area contributed by atoms with E-state index in [1.807, 2.05) is 30.3 Å². The third-order valence-electron chi connectivity index (χ3n) is 3.23. The Balaban J connectivity index is 1.97. The van der Waals surface area contributed by atoms with E-state index in [9.17, 15) is 9.59 Å². The van der Waals surface area contributed by atoms with Crippen LogP contribution in [0.1, 0.15) is 15.9 Å². The molecule has 0 bridgehead atoms. The molecule has 0 aliphatic heterocycles. The lowest BCUT2D eigenvalue weighted by molar-refractivity contribution is 0.104. The number of para-hydroxylation sites is 1. The molecule has 0 radical (unpaired) electrons. The van der Waals surface area contributed by atoms with Crippen molar-refractivity contribution in [2.75, 3.05) is 0 Å². The van der Waals surface area contributed by atoms with Crippen LogP contribution in [0, 0.1) is 0 Å². The normalized spacial score (nSPS) is 11.1. The van der Waals surface area contributed by atoms with Gasteiger partial charge in [-0.3, -0.25) is 4.79 Å². The summed E-state index contributed by atoms with van der Waals surface area (Å²) >= 11 is 3.41. The predicted octanol–water partition coefficient (Wildman–Crippen LogP) is 4.45. The second kappa shape index (κ2) is 6.12. The second-order valence-electron chi connectivity index (χ2n) is 4.70. The van der Waals surface area contributed by atoms with E-state index in [0.717, 1.165) is 15.4 Å². The number of fused-ring (bicyclic) bond motifs is 1. The summed E-state index contributed by atoms with van der Waals surface area (Å²) in [7, 11) is 0. The minimum atomic E-state index is -0.625. The van der Waals surface area contributed by atoms with Crippen molar-refractivity contribution in [3.8, 4) is 0 Å². The Morgan fingerprint density at radius 2 is 1.77 bits per heavy atom. The molecule has 0 fully saturated rings. The third-order valence-corrected chi connectivity index (χ3v) is 3.95. The van der Waals surface area contributed by atoms with E-state index < -0.39 is 5.63 Å². The fraction of sp³-hybridized carbons (Fsp3) is 0. The van der Waals surface area contributed by atoms with Crippen LogP contribution in [0.15, 0.2) is 74.4 Å². The molecule has 22 heavy (non-hydrogen) atoms. The lowest BCUT2D eigenvalue weighted by atomic mass is 10.1. The zero-order valence-electron chi connectivity index (χ0n) is 11.5. The number of hydrogen-bond acceptors (Lipinski definition) is 3. The van der Waals surface area contributed by atoms with Crippen LogP contribution in [0.5, 0.6) is 0 Å². The Labute approximate surface area is 135 Å². The fourth-order valence-electron chi connectivity index (χ4n) is 2.10. The summed E-state index contributed by atoms with van der Waals surface area (Å²) in [6.45, 7) is 0. The van der Waals surface area contributed by atoms with Gasteiger partial charge < -0.3 is 4.42 Å². The van der Waals surface area contributed by atoms with Crippen LogP contribution >= 0.6 is 15.9 Å². The molecule has 3 rings (SSSR count). The molecular weight excluding hydrogens is 344 g/mol. The maximum Gasteiger partial charge on any atom is 0.347 e. The Morgan fingerprint density at radius 1 is 1.05 bits per heavy atom. The molecule has 108 valence electrons. The van der Waals surface area contributed by atoms with E-state index in [2.05, 4.69) is 15.9 Å². The van der Waals surface area contributed by atoms with Crippen LogP contribution < -0.4 is 5.63 Å². The van der Waals surface area contributed by atoms with Gasteiger partial charge >= 0.3 is 5.63 Å². The van der Waals surface area contributed by atoms with E-state index in [0.29, 0.717) is 5.58 Å². The highest BCUT2D eigenvalue weighted by Gasteiger charge is 2.11. The van der Waals surface area contributed by atoms with Gasteiger partial charge in [0.15, 0.2) is 5.78 Å². The number of hydrogen-bond donors (Lipinski definition) is 0. The molecule has 0 amide bonds. The van der Waals surface area contributed by atoms with Crippen LogP contribution in [-0.2, 0) is 0 Å². The zero-order chi connectivity index (χ0) is 15.5. The van der Waals surface area contributed by atoms with Gasteiger partial charge in [0.2, 0.25) is 0 Å². The maximum atomic E-state index is 12.2. The number of allylic oxidation sites excluding steroid dienone is 1. The molecule has 0 saturated heterocycles. The number of benzene rings is 2. The minimum absolute atomic E-state index is 0.0296. The highest BCUT2D eigenvalue weighted by Crippen LogP contribution is 2.18.